The Bertz CT molecular complexity index is 1450. The number of rotatable bonds is 3. The number of H-pyrrole nitrogens is 1. The molecule has 6 heteroatoms. The summed E-state index contributed by atoms with van der Waals surface area (Å²) in [5.74, 6) is -1.13. The van der Waals surface area contributed by atoms with Crippen LogP contribution in [0.25, 0.3) is 33.0 Å². The van der Waals surface area contributed by atoms with Gasteiger partial charge in [0.25, 0.3) is 0 Å². The van der Waals surface area contributed by atoms with Gasteiger partial charge >= 0.3 is 11.9 Å². The van der Waals surface area contributed by atoms with Crippen LogP contribution in [-0.2, 0) is 27.3 Å². The number of hydrogen-bond acceptors (Lipinski definition) is 4. The third kappa shape index (κ3) is 2.48. The minimum absolute atomic E-state index is 0.381. The fraction of sp³-hybridized carbons (Fsp3) is 0.200. The van der Waals surface area contributed by atoms with Crippen molar-refractivity contribution in [3.63, 3.8) is 0 Å². The first-order valence-corrected chi connectivity index (χ1v) is 10.4. The van der Waals surface area contributed by atoms with Crippen LogP contribution in [0, 0.1) is 0 Å². The van der Waals surface area contributed by atoms with Gasteiger partial charge in [-0.15, -0.1) is 0 Å². The predicted molar refractivity (Wildman–Crippen MR) is 120 cm³/mol. The van der Waals surface area contributed by atoms with E-state index in [1.54, 1.807) is 0 Å². The van der Waals surface area contributed by atoms with Crippen molar-refractivity contribution in [1.82, 2.24) is 14.5 Å². The highest BCUT2D eigenvalue weighted by molar-refractivity contribution is 6.47. The summed E-state index contributed by atoms with van der Waals surface area (Å²) in [6.07, 6.45) is 0.606. The highest BCUT2D eigenvalue weighted by atomic mass is 16.6. The number of aromatic amines is 1. The molecule has 2 aromatic heterocycles. The lowest BCUT2D eigenvalue weighted by Crippen LogP contribution is -2.19. The van der Waals surface area contributed by atoms with Gasteiger partial charge in [-0.3, -0.25) is 0 Å². The number of likely N-dealkylation sites (N-methyl/N-ethyl adjacent to an activating group) is 1. The summed E-state index contributed by atoms with van der Waals surface area (Å²) in [7, 11) is 4.10. The van der Waals surface area contributed by atoms with E-state index in [9.17, 15) is 9.59 Å². The van der Waals surface area contributed by atoms with Gasteiger partial charge in [0, 0.05) is 63.8 Å². The highest BCUT2D eigenvalue weighted by Crippen LogP contribution is 2.46. The van der Waals surface area contributed by atoms with E-state index in [4.69, 9.17) is 4.74 Å². The monoisotopic (exact) mass is 411 g/mol. The van der Waals surface area contributed by atoms with Crippen molar-refractivity contribution in [2.75, 3.05) is 20.6 Å². The predicted octanol–water partition coefficient (Wildman–Crippen LogP) is 3.58. The second kappa shape index (κ2) is 6.43. The van der Waals surface area contributed by atoms with Gasteiger partial charge in [0.1, 0.15) is 0 Å². The van der Waals surface area contributed by atoms with Gasteiger partial charge in [0.2, 0.25) is 0 Å². The van der Waals surface area contributed by atoms with Crippen LogP contribution in [0.4, 0.5) is 0 Å². The van der Waals surface area contributed by atoms with Gasteiger partial charge in [-0.25, -0.2) is 9.59 Å². The first-order valence-electron chi connectivity index (χ1n) is 10.4. The van der Waals surface area contributed by atoms with Crippen LogP contribution in [0.2, 0.25) is 0 Å². The maximum atomic E-state index is 13.0. The van der Waals surface area contributed by atoms with Crippen molar-refractivity contribution >= 4 is 44.9 Å². The number of ether oxygens (including phenoxy) is 1. The van der Waals surface area contributed by atoms with Crippen molar-refractivity contribution in [2.24, 2.45) is 0 Å². The van der Waals surface area contributed by atoms with Crippen LogP contribution in [0.5, 0.6) is 0 Å². The molecule has 4 aromatic rings. The maximum absolute atomic E-state index is 13.0. The number of nitrogens with one attached hydrogen (secondary N) is 1. The summed E-state index contributed by atoms with van der Waals surface area (Å²) in [6, 6.07) is 16.0. The minimum atomic E-state index is -0.566. The molecule has 1 aliphatic carbocycles. The molecule has 6 rings (SSSR count). The van der Waals surface area contributed by atoms with Crippen LogP contribution in [0.1, 0.15) is 22.5 Å². The Balaban J connectivity index is 1.74. The van der Waals surface area contributed by atoms with Gasteiger partial charge < -0.3 is 19.2 Å². The molecule has 1 N–H and O–H groups in total. The van der Waals surface area contributed by atoms with Crippen molar-refractivity contribution in [2.45, 2.75) is 13.0 Å². The third-order valence-electron chi connectivity index (χ3n) is 6.32. The quantitative estimate of drug-likeness (QED) is 0.413. The summed E-state index contributed by atoms with van der Waals surface area (Å²) in [5, 5.41) is 1.91. The molecule has 0 saturated carbocycles. The summed E-state index contributed by atoms with van der Waals surface area (Å²) in [5.41, 5.74) is 6.38. The molecule has 0 fully saturated rings. The molecule has 2 aromatic carbocycles. The number of hydrogen-bond donors (Lipinski definition) is 1. The van der Waals surface area contributed by atoms with Gasteiger partial charge in [-0.2, -0.15) is 0 Å². The Kier molecular flexibility index (Phi) is 3.76. The molecule has 0 radical (unpaired) electrons. The lowest BCUT2D eigenvalue weighted by molar-refractivity contribution is -0.149. The van der Waals surface area contributed by atoms with Gasteiger partial charge in [-0.1, -0.05) is 36.4 Å². The summed E-state index contributed by atoms with van der Waals surface area (Å²) >= 11 is 0. The van der Waals surface area contributed by atoms with E-state index in [2.05, 4.69) is 20.5 Å². The highest BCUT2D eigenvalue weighted by Gasteiger charge is 2.42. The fourth-order valence-corrected chi connectivity index (χ4v) is 5.00. The van der Waals surface area contributed by atoms with E-state index in [0.29, 0.717) is 17.6 Å². The Labute approximate surface area is 178 Å². The summed E-state index contributed by atoms with van der Waals surface area (Å²) in [6.45, 7) is 1.64. The molecule has 0 spiro atoms. The number of esters is 2. The molecule has 0 amide bonds. The average Bonchev–Trinajstić information content (AvgIpc) is 3.31. The van der Waals surface area contributed by atoms with E-state index in [-0.39, 0.29) is 0 Å². The third-order valence-corrected chi connectivity index (χ3v) is 6.32. The zero-order valence-electron chi connectivity index (χ0n) is 17.4. The van der Waals surface area contributed by atoms with Gasteiger partial charge in [-0.05, 0) is 26.2 Å². The van der Waals surface area contributed by atoms with Crippen LogP contribution < -0.4 is 0 Å². The van der Waals surface area contributed by atoms with E-state index in [1.165, 1.54) is 0 Å². The standard InChI is InChI=1S/C25H21N3O3/c1-27(2)11-12-28-18-10-6-4-8-15(18)21-19(28)13-17-20(14-7-3-5-9-16(14)26-17)22-23(21)25(30)31-24(22)29/h3-10,26H,11-13H2,1-2H3. The largest absolute Gasteiger partial charge is 0.386 e. The Morgan fingerprint density at radius 1 is 0.935 bits per heavy atom. The van der Waals surface area contributed by atoms with Crippen molar-refractivity contribution in [3.8, 4) is 0 Å². The number of cyclic esters (lactones) is 2. The van der Waals surface area contributed by atoms with Crippen LogP contribution >= 0.6 is 0 Å². The Hall–Kier alpha value is -3.64. The lowest BCUT2D eigenvalue weighted by atomic mass is 9.95. The number of nitrogens with zero attached hydrogens (tertiary/aromatic N) is 2. The van der Waals surface area contributed by atoms with E-state index in [1.807, 2.05) is 56.6 Å². The van der Waals surface area contributed by atoms with Crippen molar-refractivity contribution in [1.29, 1.82) is 0 Å². The smallest absolute Gasteiger partial charge is 0.347 e. The number of aromatic nitrogens is 2. The maximum Gasteiger partial charge on any atom is 0.347 e. The zero-order valence-corrected chi connectivity index (χ0v) is 17.4. The van der Waals surface area contributed by atoms with Gasteiger partial charge in [0.15, 0.2) is 0 Å². The molecule has 0 saturated heterocycles. The second-order valence-electron chi connectivity index (χ2n) is 8.42. The van der Waals surface area contributed by atoms with E-state index >= 15 is 0 Å². The van der Waals surface area contributed by atoms with Crippen LogP contribution in [0.3, 0.4) is 0 Å². The molecule has 1 aliphatic heterocycles. The second-order valence-corrected chi connectivity index (χ2v) is 8.42. The molecular weight excluding hydrogens is 390 g/mol. The molecule has 3 heterocycles. The zero-order chi connectivity index (χ0) is 21.3. The van der Waals surface area contributed by atoms with Crippen LogP contribution in [-0.4, -0.2) is 47.0 Å². The number of benzene rings is 2. The van der Waals surface area contributed by atoms with E-state index in [0.717, 1.165) is 57.4 Å². The Morgan fingerprint density at radius 2 is 1.61 bits per heavy atom. The molecule has 0 unspecified atom stereocenters. The molecule has 0 bridgehead atoms. The molecule has 6 nitrogen and oxygen atoms in total. The minimum Gasteiger partial charge on any atom is -0.386 e. The molecule has 154 valence electrons. The first-order chi connectivity index (χ1) is 15.0. The topological polar surface area (TPSA) is 67.3 Å². The number of para-hydroxylation sites is 2. The van der Waals surface area contributed by atoms with Crippen LogP contribution in [0.15, 0.2) is 48.5 Å². The summed E-state index contributed by atoms with van der Waals surface area (Å²) in [4.78, 5) is 31.6. The Morgan fingerprint density at radius 3 is 2.39 bits per heavy atom. The molecule has 0 atom stereocenters. The van der Waals surface area contributed by atoms with Gasteiger partial charge in [0.05, 0.1) is 11.1 Å². The normalized spacial score (nSPS) is 15.5. The first kappa shape index (κ1) is 18.2. The van der Waals surface area contributed by atoms with E-state index < -0.39 is 11.9 Å². The average molecular weight is 411 g/mol. The van der Waals surface area contributed by atoms with Crippen molar-refractivity contribution < 1.29 is 14.3 Å². The molecular formula is C25H21N3O3. The SMILES string of the molecule is CN(C)CCn1c2c(c3ccccc31)C1=C(C(=O)OC1=O)c1c([nH]c3ccccc13)C2. The number of fused-ring (bicyclic) bond motifs is 8. The fourth-order valence-electron chi connectivity index (χ4n) is 5.00. The molecule has 31 heavy (non-hydrogen) atoms. The summed E-state index contributed by atoms with van der Waals surface area (Å²) < 4.78 is 7.45. The molecule has 2 aliphatic rings. The number of carbonyl (C=O) groups excluding carboxylic acids is 2. The lowest BCUT2D eigenvalue weighted by Gasteiger charge is -2.15. The van der Waals surface area contributed by atoms with Crippen molar-refractivity contribution in [3.05, 3.63) is 71.0 Å². The number of carbonyl (C=O) groups is 2.